The van der Waals surface area contributed by atoms with Gasteiger partial charge in [0.1, 0.15) is 17.2 Å². The molecule has 2 aliphatic rings. The third-order valence-corrected chi connectivity index (χ3v) is 6.77. The Hall–Kier alpha value is -2.24. The lowest BCUT2D eigenvalue weighted by molar-refractivity contribution is 0.0830. The molecule has 0 aliphatic carbocycles. The van der Waals surface area contributed by atoms with Crippen LogP contribution in [0.25, 0.3) is 11.3 Å². The highest BCUT2D eigenvalue weighted by atomic mass is 127. The van der Waals surface area contributed by atoms with Crippen LogP contribution in [0.3, 0.4) is 0 Å². The number of hydrazine groups is 1. The van der Waals surface area contributed by atoms with Gasteiger partial charge < -0.3 is 4.74 Å². The number of carbonyl (C=O) groups excluding carboxylic acids is 1. The summed E-state index contributed by atoms with van der Waals surface area (Å²) in [6, 6.07) is 9.09. The summed E-state index contributed by atoms with van der Waals surface area (Å²) in [5.74, 6) is -1.26. The van der Waals surface area contributed by atoms with Gasteiger partial charge in [0.25, 0.3) is 5.91 Å². The molecule has 1 saturated heterocycles. The number of anilines is 1. The number of hydrogen-bond donors (Lipinski definition) is 1. The van der Waals surface area contributed by atoms with Gasteiger partial charge in [0, 0.05) is 28.3 Å². The number of aromatic amines is 1. The van der Waals surface area contributed by atoms with Crippen LogP contribution in [0.1, 0.15) is 49.2 Å². The highest BCUT2D eigenvalue weighted by Gasteiger charge is 2.41. The van der Waals surface area contributed by atoms with E-state index in [-0.39, 0.29) is 23.8 Å². The molecule has 0 atom stereocenters. The van der Waals surface area contributed by atoms with Crippen molar-refractivity contribution in [1.29, 1.82) is 0 Å². The van der Waals surface area contributed by atoms with Crippen molar-refractivity contribution in [3.63, 3.8) is 0 Å². The maximum atomic E-state index is 14.9. The summed E-state index contributed by atoms with van der Waals surface area (Å²) in [4.78, 5) is 14.0. The van der Waals surface area contributed by atoms with Crippen LogP contribution in [0.4, 0.5) is 14.5 Å². The zero-order valence-corrected chi connectivity index (χ0v) is 21.7. The zero-order valence-electron chi connectivity index (χ0n) is 18.7. The minimum Gasteiger partial charge on any atom is -0.482 e. The predicted octanol–water partition coefficient (Wildman–Crippen LogP) is 6.06. The number of fused-ring (bicyclic) bond motifs is 3. The molecule has 2 aromatic carbocycles. The number of rotatable bonds is 3. The molecule has 3 aromatic rings. The van der Waals surface area contributed by atoms with Crippen molar-refractivity contribution in [1.82, 2.24) is 15.2 Å². The fourth-order valence-electron chi connectivity index (χ4n) is 4.61. The first-order valence-corrected chi connectivity index (χ1v) is 12.0. The summed E-state index contributed by atoms with van der Waals surface area (Å²) >= 11 is 2.22. The zero-order chi connectivity index (χ0) is 23.3. The first-order chi connectivity index (χ1) is 15.8. The molecule has 10 heteroatoms. The fourth-order valence-corrected chi connectivity index (χ4v) is 5.07. The van der Waals surface area contributed by atoms with Crippen LogP contribution in [0.2, 0.25) is 0 Å². The molecule has 180 valence electrons. The van der Waals surface area contributed by atoms with Crippen LogP contribution in [0, 0.1) is 15.2 Å². The van der Waals surface area contributed by atoms with Gasteiger partial charge in [-0.1, -0.05) is 6.42 Å². The minimum absolute atomic E-state index is 0. The Labute approximate surface area is 216 Å². The third-order valence-electron chi connectivity index (χ3n) is 6.09. The monoisotopic (exact) mass is 600 g/mol. The average molecular weight is 601 g/mol. The van der Waals surface area contributed by atoms with Crippen molar-refractivity contribution in [3.05, 3.63) is 62.9 Å². The van der Waals surface area contributed by atoms with E-state index in [0.717, 1.165) is 40.5 Å². The van der Waals surface area contributed by atoms with E-state index in [1.165, 1.54) is 11.1 Å². The van der Waals surface area contributed by atoms with Gasteiger partial charge >= 0.3 is 0 Å². The van der Waals surface area contributed by atoms with Gasteiger partial charge in [0.15, 0.2) is 11.5 Å². The summed E-state index contributed by atoms with van der Waals surface area (Å²) in [6.45, 7) is 4.95. The number of hydrogen-bond acceptors (Lipinski definition) is 4. The number of carbonyl (C=O) groups is 1. The number of ether oxygens (including phenoxy) is 1. The highest BCUT2D eigenvalue weighted by Crippen LogP contribution is 2.46. The molecule has 5 rings (SSSR count). The Kier molecular flexibility index (Phi) is 6.90. The molecule has 0 unspecified atom stereocenters. The first-order valence-electron chi connectivity index (χ1n) is 10.9. The average Bonchev–Trinajstić information content (AvgIpc) is 3.22. The quantitative estimate of drug-likeness (QED) is 0.372. The summed E-state index contributed by atoms with van der Waals surface area (Å²) in [6.07, 6.45) is 2.80. The fraction of sp³-hybridized carbons (Fsp3) is 0.333. The Morgan fingerprint density at radius 2 is 1.88 bits per heavy atom. The third kappa shape index (κ3) is 4.29. The second kappa shape index (κ2) is 9.43. The van der Waals surface area contributed by atoms with Crippen LogP contribution in [0.15, 0.2) is 36.4 Å². The molecule has 6 nitrogen and oxygen atoms in total. The largest absolute Gasteiger partial charge is 0.482 e. The summed E-state index contributed by atoms with van der Waals surface area (Å²) in [5, 5.41) is 10.5. The Morgan fingerprint density at radius 1 is 1.15 bits per heavy atom. The van der Waals surface area contributed by atoms with Crippen molar-refractivity contribution < 1.29 is 18.3 Å². The van der Waals surface area contributed by atoms with E-state index >= 15 is 0 Å². The molecule has 1 fully saturated rings. The van der Waals surface area contributed by atoms with Crippen molar-refractivity contribution in [2.45, 2.75) is 38.7 Å². The standard InChI is InChI=1S/C24H23F2IN4O2.ClH/c1-24(2)20-21(16-8-7-15(27)13-19(16)33-24)28-29-22(20)23(32)31(30-10-4-3-5-11-30)18-9-6-14(25)12-17(18)26;/h6-9,12-13H,3-5,10-11H2,1-2H3,(H,28,29);1H. The van der Waals surface area contributed by atoms with E-state index in [1.54, 1.807) is 0 Å². The number of halogens is 4. The van der Waals surface area contributed by atoms with Gasteiger partial charge in [-0.05, 0) is 79.6 Å². The number of nitrogens with one attached hydrogen (secondary N) is 1. The topological polar surface area (TPSA) is 61.5 Å². The van der Waals surface area contributed by atoms with E-state index in [4.69, 9.17) is 4.74 Å². The lowest BCUT2D eigenvalue weighted by atomic mass is 9.89. The molecule has 2 aliphatic heterocycles. The summed E-state index contributed by atoms with van der Waals surface area (Å²) in [7, 11) is 0. The van der Waals surface area contributed by atoms with Gasteiger partial charge in [-0.3, -0.25) is 9.89 Å². The number of amides is 1. The van der Waals surface area contributed by atoms with E-state index in [9.17, 15) is 13.6 Å². The van der Waals surface area contributed by atoms with Gasteiger partial charge in [0.2, 0.25) is 0 Å². The van der Waals surface area contributed by atoms with Crippen LogP contribution >= 0.6 is 35.0 Å². The van der Waals surface area contributed by atoms with E-state index in [1.807, 2.05) is 37.1 Å². The maximum absolute atomic E-state index is 14.9. The van der Waals surface area contributed by atoms with E-state index in [2.05, 4.69) is 32.8 Å². The van der Waals surface area contributed by atoms with Crippen LogP contribution in [0.5, 0.6) is 5.75 Å². The minimum atomic E-state index is -0.848. The van der Waals surface area contributed by atoms with Gasteiger partial charge in [-0.25, -0.2) is 18.8 Å². The number of piperidine rings is 1. The molecule has 1 N–H and O–H groups in total. The first kappa shape index (κ1) is 24.9. The molecule has 34 heavy (non-hydrogen) atoms. The van der Waals surface area contributed by atoms with Crippen molar-refractivity contribution in [2.75, 3.05) is 18.1 Å². The normalized spacial score (nSPS) is 16.6. The molecule has 1 amide bonds. The lowest BCUT2D eigenvalue weighted by Crippen LogP contribution is -2.50. The van der Waals surface area contributed by atoms with Gasteiger partial charge in [0.05, 0.1) is 16.9 Å². The Bertz CT molecular complexity index is 1240. The van der Waals surface area contributed by atoms with E-state index in [0.29, 0.717) is 30.1 Å². The summed E-state index contributed by atoms with van der Waals surface area (Å²) < 4.78 is 35.8. The van der Waals surface area contributed by atoms with Crippen molar-refractivity contribution in [3.8, 4) is 17.0 Å². The molecule has 3 heterocycles. The highest BCUT2D eigenvalue weighted by molar-refractivity contribution is 14.1. The molecule has 0 radical (unpaired) electrons. The lowest BCUT2D eigenvalue weighted by Gasteiger charge is -2.38. The van der Waals surface area contributed by atoms with Gasteiger partial charge in [-0.15, -0.1) is 12.4 Å². The molecule has 0 saturated carbocycles. The van der Waals surface area contributed by atoms with Crippen molar-refractivity contribution >= 4 is 46.6 Å². The predicted molar refractivity (Wildman–Crippen MR) is 136 cm³/mol. The van der Waals surface area contributed by atoms with Crippen molar-refractivity contribution in [2.24, 2.45) is 0 Å². The van der Waals surface area contributed by atoms with Crippen LogP contribution in [-0.2, 0) is 5.60 Å². The number of nitrogens with zero attached hydrogens (tertiary/aromatic N) is 3. The number of benzene rings is 2. The molecular weight excluding hydrogens is 577 g/mol. The van der Waals surface area contributed by atoms with Gasteiger partial charge in [-0.2, -0.15) is 5.10 Å². The molecule has 1 aromatic heterocycles. The maximum Gasteiger partial charge on any atom is 0.293 e. The number of H-pyrrole nitrogens is 1. The summed E-state index contributed by atoms with van der Waals surface area (Å²) in [5.41, 5.74) is 1.45. The Morgan fingerprint density at radius 3 is 2.59 bits per heavy atom. The molecule has 0 spiro atoms. The second-order valence-corrected chi connectivity index (χ2v) is 10.0. The number of aromatic nitrogens is 2. The SMILES string of the molecule is CC1(C)Oc2cc(I)ccc2-c2[nH]nc(C(=O)N(c3ccc(F)cc3F)N3CCCCC3)c21.Cl. The van der Waals surface area contributed by atoms with Crippen LogP contribution < -0.4 is 9.75 Å². The van der Waals surface area contributed by atoms with Crippen LogP contribution in [-0.4, -0.2) is 34.2 Å². The van der Waals surface area contributed by atoms with E-state index < -0.39 is 23.1 Å². The Balaban J connectivity index is 0.00000274. The smallest absolute Gasteiger partial charge is 0.293 e. The molecule has 0 bridgehead atoms. The second-order valence-electron chi connectivity index (χ2n) is 8.80. The molecular formula is C24H24ClF2IN4O2.